The van der Waals surface area contributed by atoms with Crippen molar-refractivity contribution in [3.8, 4) is 45.3 Å². The summed E-state index contributed by atoms with van der Waals surface area (Å²) in [4.78, 5) is 15.1. The first-order valence-corrected chi connectivity index (χ1v) is 18.7. The van der Waals surface area contributed by atoms with Crippen LogP contribution >= 0.6 is 0 Å². The highest BCUT2D eigenvalue weighted by molar-refractivity contribution is 6.12. The van der Waals surface area contributed by atoms with Crippen molar-refractivity contribution in [2.24, 2.45) is 0 Å². The summed E-state index contributed by atoms with van der Waals surface area (Å²) in [7, 11) is 0. The van der Waals surface area contributed by atoms with Crippen molar-refractivity contribution in [2.75, 3.05) is 0 Å². The number of benzene rings is 7. The summed E-state index contributed by atoms with van der Waals surface area (Å²) in [6.07, 6.45) is 5.67. The van der Waals surface area contributed by atoms with Crippen molar-refractivity contribution in [3.05, 3.63) is 211 Å². The minimum atomic E-state index is 0.142. The van der Waals surface area contributed by atoms with E-state index >= 15 is 0 Å². The van der Waals surface area contributed by atoms with E-state index in [2.05, 4.69) is 121 Å². The highest BCUT2D eigenvalue weighted by atomic mass is 16.3. The summed E-state index contributed by atoms with van der Waals surface area (Å²) in [6, 6.07) is 63.3. The Morgan fingerprint density at radius 2 is 1.00 bits per heavy atom. The average Bonchev–Trinajstić information content (AvgIpc) is 3.66. The zero-order chi connectivity index (χ0) is 36.6. The fourth-order valence-corrected chi connectivity index (χ4v) is 7.75. The highest BCUT2D eigenvalue weighted by Gasteiger charge is 2.23. The van der Waals surface area contributed by atoms with E-state index < -0.39 is 0 Å². The molecule has 1 aliphatic carbocycles. The first kappa shape index (κ1) is 32.5. The monoisotopic (exact) mass is 705 g/mol. The Bertz CT molecular complexity index is 2820. The number of allylic oxidation sites excluding steroid dienone is 4. The van der Waals surface area contributed by atoms with Crippen LogP contribution in [0.15, 0.2) is 199 Å². The van der Waals surface area contributed by atoms with Crippen molar-refractivity contribution in [3.63, 3.8) is 0 Å². The van der Waals surface area contributed by atoms with Crippen LogP contribution in [0.3, 0.4) is 0 Å². The molecule has 7 aromatic carbocycles. The van der Waals surface area contributed by atoms with Gasteiger partial charge in [0.15, 0.2) is 17.5 Å². The smallest absolute Gasteiger partial charge is 0.164 e. The number of aromatic nitrogens is 3. The van der Waals surface area contributed by atoms with E-state index in [9.17, 15) is 0 Å². The highest BCUT2D eigenvalue weighted by Crippen LogP contribution is 2.43. The molecule has 1 unspecified atom stereocenters. The Balaban J connectivity index is 1.10. The molecule has 2 heterocycles. The number of fused-ring (bicyclic) bond motifs is 3. The Labute approximate surface area is 319 Å². The standard InChI is InChI=1S/C51H35N3O/c1-5-15-34(16-6-1)38-23-13-24-39(29-38)42-30-41(35-17-7-2-8-18-35)31-43(32-42)40-27-28-46-45(33-40)48-44(25-14-26-47(48)55-46)51-53-49(36-19-9-3-10-20-36)52-50(54-51)37-21-11-4-12-22-37/h1-31,33,43H,32H2. The molecule has 260 valence electrons. The Morgan fingerprint density at radius 1 is 0.436 bits per heavy atom. The maximum absolute atomic E-state index is 6.52. The topological polar surface area (TPSA) is 51.8 Å². The van der Waals surface area contributed by atoms with Crippen LogP contribution < -0.4 is 0 Å². The molecule has 0 N–H and O–H groups in total. The summed E-state index contributed by atoms with van der Waals surface area (Å²) in [5, 5.41) is 2.04. The van der Waals surface area contributed by atoms with Gasteiger partial charge in [-0.1, -0.05) is 170 Å². The largest absolute Gasteiger partial charge is 0.456 e. The van der Waals surface area contributed by atoms with Crippen molar-refractivity contribution in [1.29, 1.82) is 0 Å². The number of hydrogen-bond acceptors (Lipinski definition) is 4. The predicted octanol–water partition coefficient (Wildman–Crippen LogP) is 13.1. The lowest BCUT2D eigenvalue weighted by molar-refractivity contribution is 0.668. The normalized spacial score (nSPS) is 14.1. The fourth-order valence-electron chi connectivity index (χ4n) is 7.75. The Kier molecular flexibility index (Phi) is 8.27. The molecule has 1 atom stereocenters. The van der Waals surface area contributed by atoms with Gasteiger partial charge in [0.1, 0.15) is 11.2 Å². The quantitative estimate of drug-likeness (QED) is 0.166. The van der Waals surface area contributed by atoms with Gasteiger partial charge in [-0.25, -0.2) is 15.0 Å². The lowest BCUT2D eigenvalue weighted by Gasteiger charge is -2.23. The van der Waals surface area contributed by atoms with E-state index in [1.807, 2.05) is 72.8 Å². The minimum Gasteiger partial charge on any atom is -0.456 e. The Hall–Kier alpha value is -7.17. The molecule has 0 spiro atoms. The molecule has 4 heteroatoms. The van der Waals surface area contributed by atoms with E-state index in [1.54, 1.807) is 0 Å². The SMILES string of the molecule is C1=C(c2ccccc2)C=C(c2cccc(-c3ccccc3)c2)CC1c1ccc2oc3cccc(-c4nc(-c5ccccc5)nc(-c5ccccc5)n4)c3c2c1. The van der Waals surface area contributed by atoms with Crippen LogP contribution in [0.25, 0.3) is 78.4 Å². The van der Waals surface area contributed by atoms with Crippen LogP contribution in [0.5, 0.6) is 0 Å². The molecule has 0 fully saturated rings. The summed E-state index contributed by atoms with van der Waals surface area (Å²) in [6.45, 7) is 0. The van der Waals surface area contributed by atoms with Crippen LogP contribution in [-0.4, -0.2) is 15.0 Å². The van der Waals surface area contributed by atoms with E-state index in [0.29, 0.717) is 17.5 Å². The fraction of sp³-hybridized carbons (Fsp3) is 0.0392. The van der Waals surface area contributed by atoms with Gasteiger partial charge in [0.2, 0.25) is 0 Å². The molecule has 0 bridgehead atoms. The van der Waals surface area contributed by atoms with Crippen molar-refractivity contribution < 1.29 is 4.42 Å². The predicted molar refractivity (Wildman–Crippen MR) is 225 cm³/mol. The summed E-state index contributed by atoms with van der Waals surface area (Å²) >= 11 is 0. The lowest BCUT2D eigenvalue weighted by Crippen LogP contribution is -2.04. The van der Waals surface area contributed by atoms with Gasteiger partial charge < -0.3 is 4.42 Å². The first-order chi connectivity index (χ1) is 27.2. The van der Waals surface area contributed by atoms with Gasteiger partial charge in [0, 0.05) is 33.4 Å². The summed E-state index contributed by atoms with van der Waals surface area (Å²) in [5.41, 5.74) is 13.1. The third-order valence-corrected chi connectivity index (χ3v) is 10.5. The van der Waals surface area contributed by atoms with Gasteiger partial charge in [-0.15, -0.1) is 0 Å². The van der Waals surface area contributed by atoms with Crippen LogP contribution in [0.4, 0.5) is 0 Å². The van der Waals surface area contributed by atoms with Gasteiger partial charge in [-0.05, 0) is 69.6 Å². The van der Waals surface area contributed by atoms with Gasteiger partial charge in [0.25, 0.3) is 0 Å². The van der Waals surface area contributed by atoms with E-state index in [-0.39, 0.29) is 5.92 Å². The minimum absolute atomic E-state index is 0.142. The number of rotatable bonds is 7. The maximum Gasteiger partial charge on any atom is 0.164 e. The van der Waals surface area contributed by atoms with Crippen LogP contribution in [-0.2, 0) is 0 Å². The number of furan rings is 1. The molecule has 4 nitrogen and oxygen atoms in total. The molecule has 55 heavy (non-hydrogen) atoms. The van der Waals surface area contributed by atoms with Crippen molar-refractivity contribution >= 4 is 33.1 Å². The summed E-state index contributed by atoms with van der Waals surface area (Å²) in [5.74, 6) is 2.01. The molecular formula is C51H35N3O. The van der Waals surface area contributed by atoms with Gasteiger partial charge in [0.05, 0.1) is 0 Å². The lowest BCUT2D eigenvalue weighted by atomic mass is 9.80. The van der Waals surface area contributed by atoms with Crippen LogP contribution in [0, 0.1) is 0 Å². The maximum atomic E-state index is 6.52. The van der Waals surface area contributed by atoms with Crippen LogP contribution in [0.2, 0.25) is 0 Å². The molecular weight excluding hydrogens is 671 g/mol. The number of nitrogens with zero attached hydrogens (tertiary/aromatic N) is 3. The number of hydrogen-bond donors (Lipinski definition) is 0. The first-order valence-electron chi connectivity index (χ1n) is 18.7. The summed E-state index contributed by atoms with van der Waals surface area (Å²) < 4.78 is 6.52. The molecule has 0 amide bonds. The van der Waals surface area contributed by atoms with Gasteiger partial charge in [-0.2, -0.15) is 0 Å². The third kappa shape index (κ3) is 6.34. The molecule has 0 saturated heterocycles. The molecule has 10 rings (SSSR count). The third-order valence-electron chi connectivity index (χ3n) is 10.5. The second-order valence-corrected chi connectivity index (χ2v) is 14.0. The zero-order valence-electron chi connectivity index (χ0n) is 30.0. The van der Waals surface area contributed by atoms with Gasteiger partial charge in [-0.3, -0.25) is 0 Å². The molecule has 0 saturated carbocycles. The van der Waals surface area contributed by atoms with Gasteiger partial charge >= 0.3 is 0 Å². The molecule has 1 aliphatic rings. The molecule has 9 aromatic rings. The van der Waals surface area contributed by atoms with Crippen molar-refractivity contribution in [2.45, 2.75) is 12.3 Å². The van der Waals surface area contributed by atoms with Crippen molar-refractivity contribution in [1.82, 2.24) is 15.0 Å². The van der Waals surface area contributed by atoms with Crippen LogP contribution in [0.1, 0.15) is 29.0 Å². The average molecular weight is 706 g/mol. The molecule has 0 aliphatic heterocycles. The molecule has 0 radical (unpaired) electrons. The zero-order valence-corrected chi connectivity index (χ0v) is 30.0. The molecule has 2 aromatic heterocycles. The second-order valence-electron chi connectivity index (χ2n) is 14.0. The Morgan fingerprint density at radius 3 is 1.67 bits per heavy atom. The van der Waals surface area contributed by atoms with E-state index in [0.717, 1.165) is 45.0 Å². The van der Waals surface area contributed by atoms with E-state index in [1.165, 1.54) is 39.0 Å². The second kappa shape index (κ2) is 14.0. The van der Waals surface area contributed by atoms with E-state index in [4.69, 9.17) is 19.4 Å².